The average Bonchev–Trinajstić information content (AvgIpc) is 3.04. The molecule has 5 nitrogen and oxygen atoms in total. The highest BCUT2D eigenvalue weighted by atomic mass is 35.5. The molecule has 0 aromatic heterocycles. The molecular weight excluding hydrogens is 408 g/mol. The number of nitrogens with zero attached hydrogens (tertiary/aromatic N) is 1. The van der Waals surface area contributed by atoms with Gasteiger partial charge in [-0.05, 0) is 46.2 Å². The van der Waals surface area contributed by atoms with Crippen LogP contribution >= 0.6 is 11.6 Å². The van der Waals surface area contributed by atoms with Gasteiger partial charge < -0.3 is 4.74 Å². The quantitative estimate of drug-likeness (QED) is 0.684. The third-order valence-corrected chi connectivity index (χ3v) is 7.49. The number of sulfonamides is 1. The minimum atomic E-state index is -3.71. The Balaban J connectivity index is 1.60. The highest BCUT2D eigenvalue weighted by molar-refractivity contribution is 7.89. The van der Waals surface area contributed by atoms with Crippen molar-refractivity contribution >= 4 is 32.4 Å². The number of hydrogen-bond acceptors (Lipinski definition) is 4. The molecule has 1 saturated heterocycles. The first-order chi connectivity index (χ1) is 14.0. The van der Waals surface area contributed by atoms with E-state index in [-0.39, 0.29) is 17.0 Å². The molecule has 3 aromatic rings. The van der Waals surface area contributed by atoms with Gasteiger partial charge >= 0.3 is 0 Å². The summed E-state index contributed by atoms with van der Waals surface area (Å²) in [7, 11) is -3.71. The number of nitrogens with one attached hydrogen (secondary N) is 1. The smallest absolute Gasteiger partial charge is 0.241 e. The van der Waals surface area contributed by atoms with E-state index in [1.54, 1.807) is 12.1 Å². The largest absolute Gasteiger partial charge is 0.379 e. The molecule has 1 aliphatic heterocycles. The first-order valence-corrected chi connectivity index (χ1v) is 11.5. The molecule has 150 valence electrons. The van der Waals surface area contributed by atoms with Gasteiger partial charge in [-0.3, -0.25) is 4.90 Å². The molecular formula is C22H21ClN2O3S. The summed E-state index contributed by atoms with van der Waals surface area (Å²) in [4.78, 5) is 2.54. The van der Waals surface area contributed by atoms with E-state index in [9.17, 15) is 8.42 Å². The van der Waals surface area contributed by atoms with Crippen LogP contribution in [0.15, 0.2) is 65.6 Å². The van der Waals surface area contributed by atoms with E-state index in [2.05, 4.69) is 27.8 Å². The third-order valence-electron chi connectivity index (χ3n) is 5.78. The molecule has 7 heteroatoms. The van der Waals surface area contributed by atoms with E-state index in [0.717, 1.165) is 29.4 Å². The van der Waals surface area contributed by atoms with Gasteiger partial charge in [0.2, 0.25) is 10.0 Å². The zero-order valence-corrected chi connectivity index (χ0v) is 17.3. The number of benzene rings is 3. The summed E-state index contributed by atoms with van der Waals surface area (Å²) in [6, 6.07) is 18.2. The van der Waals surface area contributed by atoms with Gasteiger partial charge in [-0.25, -0.2) is 13.1 Å². The van der Waals surface area contributed by atoms with Crippen LogP contribution in [0, 0.1) is 0 Å². The second kappa shape index (κ2) is 7.38. The Morgan fingerprint density at radius 2 is 1.59 bits per heavy atom. The summed E-state index contributed by atoms with van der Waals surface area (Å²) < 4.78 is 34.9. The average molecular weight is 429 g/mol. The number of rotatable bonds is 4. The molecule has 2 aliphatic rings. The number of hydrogen-bond donors (Lipinski definition) is 1. The van der Waals surface area contributed by atoms with Crippen molar-refractivity contribution in [1.29, 1.82) is 0 Å². The molecule has 29 heavy (non-hydrogen) atoms. The maximum Gasteiger partial charge on any atom is 0.241 e. The van der Waals surface area contributed by atoms with Crippen LogP contribution in [-0.4, -0.2) is 39.6 Å². The highest BCUT2D eigenvalue weighted by Gasteiger charge is 2.40. The van der Waals surface area contributed by atoms with Gasteiger partial charge in [0, 0.05) is 18.1 Å². The van der Waals surface area contributed by atoms with Gasteiger partial charge in [0.05, 0.1) is 30.2 Å². The zero-order valence-electron chi connectivity index (χ0n) is 15.7. The first kappa shape index (κ1) is 19.0. The lowest BCUT2D eigenvalue weighted by atomic mass is 10.0. The SMILES string of the molecule is O=S(=O)(NC1c2cccc3cccc(c23)C1N1CCOCC1)c1ccc(Cl)cc1. The molecule has 0 amide bonds. The van der Waals surface area contributed by atoms with E-state index in [1.165, 1.54) is 17.7 Å². The molecule has 1 fully saturated rings. The van der Waals surface area contributed by atoms with Crippen LogP contribution in [-0.2, 0) is 14.8 Å². The summed E-state index contributed by atoms with van der Waals surface area (Å²) in [5.74, 6) is 0. The molecule has 1 heterocycles. The molecule has 0 saturated carbocycles. The molecule has 3 aromatic carbocycles. The Bertz CT molecular complexity index is 1150. The predicted molar refractivity (Wildman–Crippen MR) is 114 cm³/mol. The van der Waals surface area contributed by atoms with Crippen LogP contribution in [0.2, 0.25) is 5.02 Å². The van der Waals surface area contributed by atoms with Crippen LogP contribution in [0.3, 0.4) is 0 Å². The van der Waals surface area contributed by atoms with E-state index in [0.29, 0.717) is 18.2 Å². The third kappa shape index (κ3) is 3.35. The predicted octanol–water partition coefficient (Wildman–Crippen LogP) is 3.90. The summed E-state index contributed by atoms with van der Waals surface area (Å²) in [6.07, 6.45) is 0. The van der Waals surface area contributed by atoms with Gasteiger partial charge in [-0.15, -0.1) is 0 Å². The van der Waals surface area contributed by atoms with Gasteiger partial charge in [-0.1, -0.05) is 48.0 Å². The van der Waals surface area contributed by atoms with Crippen molar-refractivity contribution in [2.45, 2.75) is 17.0 Å². The molecule has 2 atom stereocenters. The number of ether oxygens (including phenoxy) is 1. The minimum absolute atomic E-state index is 0.0675. The Hall–Kier alpha value is -1.96. The molecule has 0 bridgehead atoms. The second-order valence-corrected chi connectivity index (χ2v) is 9.59. The summed E-state index contributed by atoms with van der Waals surface area (Å²) in [6.45, 7) is 2.85. The fraction of sp³-hybridized carbons (Fsp3) is 0.273. The van der Waals surface area contributed by atoms with Gasteiger partial charge in [-0.2, -0.15) is 0 Å². The molecule has 2 unspecified atom stereocenters. The fourth-order valence-corrected chi connectivity index (χ4v) is 5.84. The standard InChI is InChI=1S/C22H21ClN2O3S/c23-16-7-9-17(10-8-16)29(26,27)24-21-18-5-1-3-15-4-2-6-19(20(15)18)22(21)25-11-13-28-14-12-25/h1-10,21-22,24H,11-14H2. The maximum atomic E-state index is 13.2. The topological polar surface area (TPSA) is 58.6 Å². The second-order valence-electron chi connectivity index (χ2n) is 7.44. The van der Waals surface area contributed by atoms with Crippen molar-refractivity contribution in [3.8, 4) is 0 Å². The number of morpholine rings is 1. The van der Waals surface area contributed by atoms with E-state index in [1.807, 2.05) is 18.2 Å². The molecule has 1 aliphatic carbocycles. The van der Waals surface area contributed by atoms with Crippen LogP contribution in [0.25, 0.3) is 10.8 Å². The lowest BCUT2D eigenvalue weighted by molar-refractivity contribution is 0.0106. The monoisotopic (exact) mass is 428 g/mol. The highest BCUT2D eigenvalue weighted by Crippen LogP contribution is 2.47. The van der Waals surface area contributed by atoms with E-state index in [4.69, 9.17) is 16.3 Å². The Labute approximate surface area is 175 Å². The van der Waals surface area contributed by atoms with Crippen LogP contribution in [0.5, 0.6) is 0 Å². The molecule has 5 rings (SSSR count). The van der Waals surface area contributed by atoms with Crippen molar-refractivity contribution in [1.82, 2.24) is 9.62 Å². The van der Waals surface area contributed by atoms with E-state index < -0.39 is 10.0 Å². The van der Waals surface area contributed by atoms with E-state index >= 15 is 0 Å². The van der Waals surface area contributed by atoms with Gasteiger partial charge in [0.25, 0.3) is 0 Å². The Kier molecular flexibility index (Phi) is 4.84. The van der Waals surface area contributed by atoms with Crippen molar-refractivity contribution in [2.24, 2.45) is 0 Å². The molecule has 1 N–H and O–H groups in total. The van der Waals surface area contributed by atoms with Crippen LogP contribution < -0.4 is 4.72 Å². The number of halogens is 1. The van der Waals surface area contributed by atoms with Crippen molar-refractivity contribution in [3.63, 3.8) is 0 Å². The molecule has 0 spiro atoms. The maximum absolute atomic E-state index is 13.2. The zero-order chi connectivity index (χ0) is 20.0. The lowest BCUT2D eigenvalue weighted by Crippen LogP contribution is -2.44. The van der Waals surface area contributed by atoms with Crippen molar-refractivity contribution < 1.29 is 13.2 Å². The van der Waals surface area contributed by atoms with Crippen LogP contribution in [0.4, 0.5) is 0 Å². The molecule has 0 radical (unpaired) electrons. The Morgan fingerprint density at radius 1 is 0.931 bits per heavy atom. The fourth-order valence-electron chi connectivity index (χ4n) is 4.50. The Morgan fingerprint density at radius 3 is 2.28 bits per heavy atom. The van der Waals surface area contributed by atoms with Crippen molar-refractivity contribution in [3.05, 3.63) is 76.8 Å². The summed E-state index contributed by atoms with van der Waals surface area (Å²) >= 11 is 5.94. The summed E-state index contributed by atoms with van der Waals surface area (Å²) in [5, 5.41) is 2.79. The first-order valence-electron chi connectivity index (χ1n) is 9.66. The van der Waals surface area contributed by atoms with Gasteiger partial charge in [0.15, 0.2) is 0 Å². The minimum Gasteiger partial charge on any atom is -0.379 e. The summed E-state index contributed by atoms with van der Waals surface area (Å²) in [5.41, 5.74) is 2.19. The van der Waals surface area contributed by atoms with Crippen LogP contribution in [0.1, 0.15) is 23.2 Å². The van der Waals surface area contributed by atoms with Crippen molar-refractivity contribution in [2.75, 3.05) is 26.3 Å². The normalized spacial score (nSPS) is 22.2. The lowest BCUT2D eigenvalue weighted by Gasteiger charge is -2.36. The van der Waals surface area contributed by atoms with Gasteiger partial charge in [0.1, 0.15) is 0 Å².